The van der Waals surface area contributed by atoms with Gasteiger partial charge in [0.2, 0.25) is 5.91 Å². The summed E-state index contributed by atoms with van der Waals surface area (Å²) < 4.78 is 0. The Bertz CT molecular complexity index is 357. The lowest BCUT2D eigenvalue weighted by molar-refractivity contribution is -0.128. The highest BCUT2D eigenvalue weighted by molar-refractivity contribution is 14.0. The van der Waals surface area contributed by atoms with Crippen molar-refractivity contribution in [2.75, 3.05) is 19.6 Å². The molecule has 0 aromatic carbocycles. The molecule has 3 N–H and O–H groups in total. The van der Waals surface area contributed by atoms with Crippen molar-refractivity contribution in [3.63, 3.8) is 0 Å². The van der Waals surface area contributed by atoms with E-state index in [9.17, 15) is 4.79 Å². The van der Waals surface area contributed by atoms with Crippen LogP contribution < -0.4 is 16.0 Å². The summed E-state index contributed by atoms with van der Waals surface area (Å²) in [5.41, 5.74) is -0.500. The molecule has 0 saturated carbocycles. The molecule has 23 heavy (non-hydrogen) atoms. The first-order chi connectivity index (χ1) is 10.2. The van der Waals surface area contributed by atoms with Gasteiger partial charge in [-0.05, 0) is 53.4 Å². The van der Waals surface area contributed by atoms with Gasteiger partial charge in [-0.2, -0.15) is 0 Å². The predicted octanol–water partition coefficient (Wildman–Crippen LogP) is 3.15. The fourth-order valence-electron chi connectivity index (χ4n) is 1.96. The monoisotopic (exact) mass is 440 g/mol. The number of amides is 1. The Morgan fingerprint density at radius 1 is 1.04 bits per heavy atom. The third kappa shape index (κ3) is 11.6. The van der Waals surface area contributed by atoms with E-state index in [-0.39, 0.29) is 29.9 Å². The third-order valence-corrected chi connectivity index (χ3v) is 3.49. The van der Waals surface area contributed by atoms with Crippen LogP contribution in [0.5, 0.6) is 0 Å². The highest BCUT2D eigenvalue weighted by Gasteiger charge is 2.26. The molecular weight excluding hydrogens is 403 g/mol. The molecule has 0 aromatic rings. The third-order valence-electron chi connectivity index (χ3n) is 3.49. The summed E-state index contributed by atoms with van der Waals surface area (Å²) >= 11 is 0. The number of hydrogen-bond acceptors (Lipinski definition) is 2. The Kier molecular flexibility index (Phi) is 13.8. The fraction of sp³-hybridized carbons (Fsp3) is 0.882. The number of nitrogens with one attached hydrogen (secondary N) is 3. The van der Waals surface area contributed by atoms with E-state index in [1.807, 2.05) is 27.7 Å². The van der Waals surface area contributed by atoms with Crippen LogP contribution in [0, 0.1) is 11.3 Å². The highest BCUT2D eigenvalue weighted by atomic mass is 127. The first kappa shape index (κ1) is 24.7. The summed E-state index contributed by atoms with van der Waals surface area (Å²) in [5, 5.41) is 9.54. The lowest BCUT2D eigenvalue weighted by Crippen LogP contribution is -2.44. The molecule has 0 aliphatic carbocycles. The van der Waals surface area contributed by atoms with Crippen LogP contribution >= 0.6 is 24.0 Å². The van der Waals surface area contributed by atoms with Gasteiger partial charge in [-0.3, -0.25) is 9.79 Å². The Balaban J connectivity index is 0. The minimum absolute atomic E-state index is 0. The van der Waals surface area contributed by atoms with Crippen LogP contribution in [0.4, 0.5) is 0 Å². The molecular formula is C17H37IN4O. The van der Waals surface area contributed by atoms with Gasteiger partial charge in [0.05, 0.1) is 12.0 Å². The van der Waals surface area contributed by atoms with Crippen molar-refractivity contribution in [3.8, 4) is 0 Å². The Morgan fingerprint density at radius 2 is 1.61 bits per heavy atom. The minimum Gasteiger partial charge on any atom is -0.357 e. The molecule has 0 bridgehead atoms. The molecule has 0 rings (SSSR count). The molecule has 6 heteroatoms. The van der Waals surface area contributed by atoms with Crippen LogP contribution in [0.1, 0.15) is 61.3 Å². The summed E-state index contributed by atoms with van der Waals surface area (Å²) in [6.45, 7) is 16.4. The van der Waals surface area contributed by atoms with Gasteiger partial charge >= 0.3 is 0 Å². The smallest absolute Gasteiger partial charge is 0.227 e. The van der Waals surface area contributed by atoms with E-state index < -0.39 is 5.41 Å². The maximum Gasteiger partial charge on any atom is 0.227 e. The van der Waals surface area contributed by atoms with E-state index in [0.717, 1.165) is 18.9 Å². The van der Waals surface area contributed by atoms with E-state index in [4.69, 9.17) is 0 Å². The molecule has 1 amide bonds. The molecule has 0 radical (unpaired) electrons. The van der Waals surface area contributed by atoms with Gasteiger partial charge in [-0.1, -0.05) is 13.8 Å². The number of nitrogens with zero attached hydrogens (tertiary/aromatic N) is 1. The topological polar surface area (TPSA) is 65.5 Å². The van der Waals surface area contributed by atoms with Crippen LogP contribution in [0.25, 0.3) is 0 Å². The summed E-state index contributed by atoms with van der Waals surface area (Å²) in [6, 6.07) is 0.368. The summed E-state index contributed by atoms with van der Waals surface area (Å²) in [4.78, 5) is 16.6. The van der Waals surface area contributed by atoms with Crippen LogP contribution in [0.15, 0.2) is 4.99 Å². The average molecular weight is 440 g/mol. The van der Waals surface area contributed by atoms with Crippen molar-refractivity contribution in [3.05, 3.63) is 0 Å². The summed E-state index contributed by atoms with van der Waals surface area (Å²) in [5.74, 6) is 1.54. The van der Waals surface area contributed by atoms with Gasteiger partial charge in [0, 0.05) is 19.1 Å². The van der Waals surface area contributed by atoms with Crippen molar-refractivity contribution in [2.45, 2.75) is 67.3 Å². The van der Waals surface area contributed by atoms with E-state index in [2.05, 4.69) is 41.7 Å². The first-order valence-corrected chi connectivity index (χ1v) is 8.56. The molecule has 0 saturated heterocycles. The zero-order chi connectivity index (χ0) is 17.2. The molecule has 0 aliphatic heterocycles. The molecule has 5 nitrogen and oxygen atoms in total. The standard InChI is InChI=1S/C17H36N4O.HI/c1-8-18-15(22)17(6,7)12-20-16(19-9-2)21-14(5)11-10-13(3)4;/h13-14H,8-12H2,1-7H3,(H,18,22)(H2,19,20,21);1H. The van der Waals surface area contributed by atoms with Crippen LogP contribution in [0.3, 0.4) is 0 Å². The van der Waals surface area contributed by atoms with E-state index >= 15 is 0 Å². The molecule has 0 fully saturated rings. The Morgan fingerprint density at radius 3 is 2.09 bits per heavy atom. The lowest BCUT2D eigenvalue weighted by atomic mass is 9.92. The second kappa shape index (κ2) is 12.8. The molecule has 1 unspecified atom stereocenters. The molecule has 0 aromatic heterocycles. The summed E-state index contributed by atoms with van der Waals surface area (Å²) in [7, 11) is 0. The SMILES string of the molecule is CCNC(=O)C(C)(C)CN=C(NCC)NC(C)CCC(C)C.I. The van der Waals surface area contributed by atoms with Crippen LogP contribution in [-0.2, 0) is 4.79 Å². The fourth-order valence-corrected chi connectivity index (χ4v) is 1.96. The number of guanidine groups is 1. The van der Waals surface area contributed by atoms with E-state index in [1.54, 1.807) is 0 Å². The molecule has 0 spiro atoms. The van der Waals surface area contributed by atoms with Crippen molar-refractivity contribution in [2.24, 2.45) is 16.3 Å². The van der Waals surface area contributed by atoms with Gasteiger partial charge < -0.3 is 16.0 Å². The largest absolute Gasteiger partial charge is 0.357 e. The quantitative estimate of drug-likeness (QED) is 0.293. The number of carbonyl (C=O) groups is 1. The maximum absolute atomic E-state index is 12.0. The highest BCUT2D eigenvalue weighted by Crippen LogP contribution is 2.15. The van der Waals surface area contributed by atoms with Gasteiger partial charge in [0.25, 0.3) is 0 Å². The number of hydrogen-bond donors (Lipinski definition) is 3. The minimum atomic E-state index is -0.500. The maximum atomic E-state index is 12.0. The van der Waals surface area contributed by atoms with Crippen LogP contribution in [-0.4, -0.2) is 37.5 Å². The Labute approximate surface area is 159 Å². The first-order valence-electron chi connectivity index (χ1n) is 8.56. The number of rotatable bonds is 9. The Hall–Kier alpha value is -0.530. The molecule has 1 atom stereocenters. The normalized spacial score (nSPS) is 13.3. The second-order valence-electron chi connectivity index (χ2n) is 6.96. The van der Waals surface area contributed by atoms with E-state index in [1.165, 1.54) is 6.42 Å². The van der Waals surface area contributed by atoms with Crippen molar-refractivity contribution in [1.82, 2.24) is 16.0 Å². The van der Waals surface area contributed by atoms with Gasteiger partial charge in [-0.15, -0.1) is 24.0 Å². The molecule has 0 heterocycles. The van der Waals surface area contributed by atoms with Gasteiger partial charge in [0.15, 0.2) is 5.96 Å². The van der Waals surface area contributed by atoms with Crippen molar-refractivity contribution >= 4 is 35.8 Å². The number of halogens is 1. The zero-order valence-electron chi connectivity index (χ0n) is 16.0. The predicted molar refractivity (Wildman–Crippen MR) is 111 cm³/mol. The van der Waals surface area contributed by atoms with Gasteiger partial charge in [-0.25, -0.2) is 0 Å². The van der Waals surface area contributed by atoms with Crippen molar-refractivity contribution in [1.29, 1.82) is 0 Å². The summed E-state index contributed by atoms with van der Waals surface area (Å²) in [6.07, 6.45) is 2.31. The van der Waals surface area contributed by atoms with E-state index in [0.29, 0.717) is 25.0 Å². The van der Waals surface area contributed by atoms with Crippen LogP contribution in [0.2, 0.25) is 0 Å². The van der Waals surface area contributed by atoms with Crippen molar-refractivity contribution < 1.29 is 4.79 Å². The molecule has 138 valence electrons. The number of aliphatic imine (C=N–C) groups is 1. The lowest BCUT2D eigenvalue weighted by Gasteiger charge is -2.23. The molecule has 0 aliphatic rings. The zero-order valence-corrected chi connectivity index (χ0v) is 18.3. The average Bonchev–Trinajstić information content (AvgIpc) is 2.43. The number of carbonyl (C=O) groups excluding carboxylic acids is 1. The second-order valence-corrected chi connectivity index (χ2v) is 6.96. The van der Waals surface area contributed by atoms with Gasteiger partial charge in [0.1, 0.15) is 0 Å².